The van der Waals surface area contributed by atoms with Gasteiger partial charge in [-0.05, 0) is 25.1 Å². The highest BCUT2D eigenvalue weighted by molar-refractivity contribution is 5.95. The summed E-state index contributed by atoms with van der Waals surface area (Å²) in [6.45, 7) is 2.90. The minimum atomic E-state index is -0.620. The van der Waals surface area contributed by atoms with Gasteiger partial charge in [-0.25, -0.2) is 0 Å². The first-order valence-electron chi connectivity index (χ1n) is 5.59. The van der Waals surface area contributed by atoms with E-state index in [4.69, 9.17) is 4.74 Å². The van der Waals surface area contributed by atoms with Gasteiger partial charge in [0.15, 0.2) is 0 Å². The molecule has 1 heterocycles. The van der Waals surface area contributed by atoms with E-state index in [2.05, 4.69) is 5.32 Å². The molecule has 1 unspecified atom stereocenters. The summed E-state index contributed by atoms with van der Waals surface area (Å²) in [5.74, 6) is -0.0366. The third kappa shape index (κ3) is 2.95. The van der Waals surface area contributed by atoms with Crippen LogP contribution in [0.25, 0.3) is 0 Å². The molecular weight excluding hydrogens is 220 g/mol. The highest BCUT2D eigenvalue weighted by Crippen LogP contribution is 2.21. The summed E-state index contributed by atoms with van der Waals surface area (Å²) in [6.07, 6.45) is -0.620. The van der Waals surface area contributed by atoms with E-state index in [-0.39, 0.29) is 12.5 Å². The van der Waals surface area contributed by atoms with Gasteiger partial charge in [0.05, 0.1) is 6.61 Å². The van der Waals surface area contributed by atoms with Gasteiger partial charge < -0.3 is 20.1 Å². The third-order valence-electron chi connectivity index (χ3n) is 2.52. The molecule has 0 spiro atoms. The second kappa shape index (κ2) is 5.16. The summed E-state index contributed by atoms with van der Waals surface area (Å²) in [7, 11) is 0. The Bertz CT molecular complexity index is 406. The number of morpholine rings is 1. The number of anilines is 2. The predicted octanol–water partition coefficient (Wildman–Crippen LogP) is 0.800. The molecule has 2 rings (SSSR count). The van der Waals surface area contributed by atoms with Gasteiger partial charge in [-0.2, -0.15) is 0 Å². The summed E-state index contributed by atoms with van der Waals surface area (Å²) in [6, 6.07) is 7.41. The maximum Gasteiger partial charge on any atom is 0.253 e. The first-order chi connectivity index (χ1) is 8.16. The lowest BCUT2D eigenvalue weighted by Crippen LogP contribution is -2.41. The minimum Gasteiger partial charge on any atom is -0.374 e. The molecule has 1 aromatic rings. The monoisotopic (exact) mass is 236 g/mol. The van der Waals surface area contributed by atoms with E-state index in [1.165, 1.54) is 0 Å². The van der Waals surface area contributed by atoms with Crippen molar-refractivity contribution in [2.24, 2.45) is 0 Å². The summed E-state index contributed by atoms with van der Waals surface area (Å²) in [4.78, 5) is 13.4. The van der Waals surface area contributed by atoms with Crippen molar-refractivity contribution in [3.8, 4) is 0 Å². The first-order valence-corrected chi connectivity index (χ1v) is 5.59. The fraction of sp³-hybridized carbons (Fsp3) is 0.417. The number of amides is 1. The lowest BCUT2D eigenvalue weighted by molar-refractivity contribution is -0.125. The van der Waals surface area contributed by atoms with Crippen LogP contribution in [-0.4, -0.2) is 37.0 Å². The van der Waals surface area contributed by atoms with E-state index in [0.29, 0.717) is 13.2 Å². The zero-order chi connectivity index (χ0) is 12.3. The molecule has 0 aliphatic carbocycles. The fourth-order valence-corrected chi connectivity index (χ4v) is 1.80. The molecule has 1 aliphatic heterocycles. The van der Waals surface area contributed by atoms with Gasteiger partial charge in [0.1, 0.15) is 12.8 Å². The molecule has 5 heteroatoms. The number of ether oxygens (including phenoxy) is 1. The standard InChI is InChI=1S/C12H16N2O3/c1-9(15)13-10-3-2-4-11(7-10)14-5-6-17-8-12(14)16/h2-4,7,9,13,15H,5-6,8H2,1H3. The maximum absolute atomic E-state index is 11.7. The van der Waals surface area contributed by atoms with Gasteiger partial charge in [0.25, 0.3) is 5.91 Å². The molecule has 1 atom stereocenters. The average Bonchev–Trinajstić information content (AvgIpc) is 2.29. The van der Waals surface area contributed by atoms with Gasteiger partial charge >= 0.3 is 0 Å². The van der Waals surface area contributed by atoms with Crippen molar-refractivity contribution in [2.45, 2.75) is 13.2 Å². The highest BCUT2D eigenvalue weighted by atomic mass is 16.5. The Morgan fingerprint density at radius 1 is 1.53 bits per heavy atom. The Labute approximate surface area is 100.0 Å². The van der Waals surface area contributed by atoms with Crippen LogP contribution >= 0.6 is 0 Å². The molecule has 0 radical (unpaired) electrons. The Morgan fingerprint density at radius 2 is 2.35 bits per heavy atom. The number of hydrogen-bond acceptors (Lipinski definition) is 4. The van der Waals surface area contributed by atoms with Crippen LogP contribution in [0.5, 0.6) is 0 Å². The van der Waals surface area contributed by atoms with Gasteiger partial charge in [-0.1, -0.05) is 6.07 Å². The van der Waals surface area contributed by atoms with Crippen LogP contribution in [0, 0.1) is 0 Å². The molecule has 0 saturated carbocycles. The number of hydrogen-bond donors (Lipinski definition) is 2. The average molecular weight is 236 g/mol. The van der Waals surface area contributed by atoms with Crippen molar-refractivity contribution in [1.29, 1.82) is 0 Å². The molecule has 1 saturated heterocycles. The maximum atomic E-state index is 11.7. The van der Waals surface area contributed by atoms with Crippen LogP contribution in [0.1, 0.15) is 6.92 Å². The van der Waals surface area contributed by atoms with Crippen molar-refractivity contribution >= 4 is 17.3 Å². The number of nitrogens with zero attached hydrogens (tertiary/aromatic N) is 1. The topological polar surface area (TPSA) is 61.8 Å². The van der Waals surface area contributed by atoms with Gasteiger partial charge in [0, 0.05) is 17.9 Å². The minimum absolute atomic E-state index is 0.0366. The lowest BCUT2D eigenvalue weighted by atomic mass is 10.2. The van der Waals surface area contributed by atoms with E-state index in [1.807, 2.05) is 24.3 Å². The molecule has 17 heavy (non-hydrogen) atoms. The van der Waals surface area contributed by atoms with Gasteiger partial charge in [0.2, 0.25) is 0 Å². The molecule has 1 aromatic carbocycles. The lowest BCUT2D eigenvalue weighted by Gasteiger charge is -2.27. The van der Waals surface area contributed by atoms with Gasteiger partial charge in [-0.3, -0.25) is 4.79 Å². The number of carbonyl (C=O) groups excluding carboxylic acids is 1. The van der Waals surface area contributed by atoms with Crippen LogP contribution < -0.4 is 10.2 Å². The van der Waals surface area contributed by atoms with Crippen molar-refractivity contribution in [3.63, 3.8) is 0 Å². The van der Waals surface area contributed by atoms with E-state index >= 15 is 0 Å². The Morgan fingerprint density at radius 3 is 3.06 bits per heavy atom. The van der Waals surface area contributed by atoms with Crippen LogP contribution in [0.3, 0.4) is 0 Å². The Hall–Kier alpha value is -1.59. The molecule has 1 aliphatic rings. The first kappa shape index (κ1) is 11.9. The van der Waals surface area contributed by atoms with Crippen molar-refractivity contribution in [3.05, 3.63) is 24.3 Å². The zero-order valence-corrected chi connectivity index (χ0v) is 9.72. The summed E-state index contributed by atoms with van der Waals surface area (Å²) >= 11 is 0. The quantitative estimate of drug-likeness (QED) is 0.762. The molecule has 1 amide bonds. The molecule has 0 aromatic heterocycles. The van der Waals surface area contributed by atoms with Crippen LogP contribution in [0.15, 0.2) is 24.3 Å². The smallest absolute Gasteiger partial charge is 0.253 e. The Balaban J connectivity index is 2.17. The highest BCUT2D eigenvalue weighted by Gasteiger charge is 2.20. The SMILES string of the molecule is CC(O)Nc1cccc(N2CCOCC2=O)c1. The van der Waals surface area contributed by atoms with E-state index in [9.17, 15) is 9.90 Å². The van der Waals surface area contributed by atoms with Crippen LogP contribution in [0.2, 0.25) is 0 Å². The summed E-state index contributed by atoms with van der Waals surface area (Å²) in [5.41, 5.74) is 1.61. The fourth-order valence-electron chi connectivity index (χ4n) is 1.80. The molecular formula is C12H16N2O3. The number of aliphatic hydroxyl groups is 1. The van der Waals surface area contributed by atoms with E-state index in [1.54, 1.807) is 11.8 Å². The van der Waals surface area contributed by atoms with Crippen molar-refractivity contribution in [1.82, 2.24) is 0 Å². The predicted molar refractivity (Wildman–Crippen MR) is 64.9 cm³/mol. The molecule has 92 valence electrons. The Kier molecular flexibility index (Phi) is 3.61. The number of aliphatic hydroxyl groups excluding tert-OH is 1. The van der Waals surface area contributed by atoms with Crippen LogP contribution in [0.4, 0.5) is 11.4 Å². The largest absolute Gasteiger partial charge is 0.374 e. The molecule has 1 fully saturated rings. The molecule has 2 N–H and O–H groups in total. The number of carbonyl (C=O) groups is 1. The second-order valence-electron chi connectivity index (χ2n) is 3.97. The second-order valence-corrected chi connectivity index (χ2v) is 3.97. The van der Waals surface area contributed by atoms with Crippen LogP contribution in [-0.2, 0) is 9.53 Å². The number of benzene rings is 1. The van der Waals surface area contributed by atoms with Gasteiger partial charge in [-0.15, -0.1) is 0 Å². The van der Waals surface area contributed by atoms with Crippen molar-refractivity contribution in [2.75, 3.05) is 30.0 Å². The normalized spacial score (nSPS) is 18.0. The number of nitrogens with one attached hydrogen (secondary N) is 1. The summed E-state index contributed by atoms with van der Waals surface area (Å²) in [5, 5.41) is 12.1. The van der Waals surface area contributed by atoms with E-state index in [0.717, 1.165) is 11.4 Å². The van der Waals surface area contributed by atoms with Crippen molar-refractivity contribution < 1.29 is 14.6 Å². The summed E-state index contributed by atoms with van der Waals surface area (Å²) < 4.78 is 5.08. The third-order valence-corrected chi connectivity index (χ3v) is 2.52. The van der Waals surface area contributed by atoms with E-state index < -0.39 is 6.23 Å². The molecule has 5 nitrogen and oxygen atoms in total. The number of rotatable bonds is 3. The zero-order valence-electron chi connectivity index (χ0n) is 9.72. The molecule has 0 bridgehead atoms.